The average Bonchev–Trinajstić information content (AvgIpc) is 2.46. The van der Waals surface area contributed by atoms with Gasteiger partial charge in [0.15, 0.2) is 0 Å². The van der Waals surface area contributed by atoms with Gasteiger partial charge >= 0.3 is 0 Å². The van der Waals surface area contributed by atoms with Crippen LogP contribution in [0.4, 0.5) is 0 Å². The van der Waals surface area contributed by atoms with E-state index in [0.717, 1.165) is 51.4 Å². The Morgan fingerprint density at radius 3 is 1.55 bits per heavy atom. The van der Waals surface area contributed by atoms with E-state index in [2.05, 4.69) is 9.47 Å². The van der Waals surface area contributed by atoms with Crippen molar-refractivity contribution in [3.63, 3.8) is 0 Å². The first-order valence-corrected chi connectivity index (χ1v) is 6.91. The number of unbranched alkanes of at least 4 members (excludes halogenated alkanes) is 4. The summed E-state index contributed by atoms with van der Waals surface area (Å²) < 4.78 is 14.2. The number of ether oxygens (including phenoxy) is 3. The highest BCUT2D eigenvalue weighted by atomic mass is 16.5. The molecule has 0 saturated heterocycles. The monoisotopic (exact) mass is 279 g/mol. The maximum atomic E-state index is 8.60. The first-order valence-electron chi connectivity index (χ1n) is 6.91. The lowest BCUT2D eigenvalue weighted by Crippen LogP contribution is -2.10. The van der Waals surface area contributed by atoms with Crippen LogP contribution < -0.4 is 0 Å². The molecule has 0 rings (SSSR count). The van der Waals surface area contributed by atoms with Gasteiger partial charge in [0, 0.05) is 0 Å². The second-order valence-electron chi connectivity index (χ2n) is 4.41. The van der Waals surface area contributed by atoms with Gasteiger partial charge in [-0.1, -0.05) is 0 Å². The Bertz CT molecular complexity index is 315. The summed E-state index contributed by atoms with van der Waals surface area (Å²) in [6.45, 7) is 0.915. The van der Waals surface area contributed by atoms with Crippen molar-refractivity contribution in [3.8, 4) is 18.8 Å². The minimum Gasteiger partial charge on any atom is -0.428 e. The Labute approximate surface area is 120 Å². The molecule has 6 nitrogen and oxygen atoms in total. The summed E-state index contributed by atoms with van der Waals surface area (Å²) in [4.78, 5) is 0. The van der Waals surface area contributed by atoms with Crippen LogP contribution in [0.25, 0.3) is 0 Å². The molecule has 0 amide bonds. The van der Waals surface area contributed by atoms with Crippen LogP contribution in [0.3, 0.4) is 0 Å². The lowest BCUT2D eigenvalue weighted by Gasteiger charge is -2.13. The summed E-state index contributed by atoms with van der Waals surface area (Å²) in [5, 5.41) is 25.0. The molecule has 110 valence electrons. The van der Waals surface area contributed by atoms with E-state index >= 15 is 0 Å². The zero-order valence-corrected chi connectivity index (χ0v) is 11.7. The van der Waals surface area contributed by atoms with Crippen LogP contribution in [0.2, 0.25) is 0 Å². The third-order valence-corrected chi connectivity index (χ3v) is 2.89. The summed E-state index contributed by atoms with van der Waals surface area (Å²) in [5.41, 5.74) is 0. The standard InChI is InChI=1S/C14H21N3O3/c15-11-18-9-5-1-3-7-14(20-13-17)8-4-2-6-10-19-12-16/h14H,1-10H2. The molecule has 0 aromatic heterocycles. The number of nitriles is 3. The van der Waals surface area contributed by atoms with Gasteiger partial charge in [-0.25, -0.2) is 0 Å². The second-order valence-corrected chi connectivity index (χ2v) is 4.41. The van der Waals surface area contributed by atoms with Gasteiger partial charge in [-0.15, -0.1) is 0 Å². The highest BCUT2D eigenvalue weighted by Crippen LogP contribution is 2.14. The largest absolute Gasteiger partial charge is 0.428 e. The molecule has 0 heterocycles. The number of hydrogen-bond donors (Lipinski definition) is 0. The van der Waals surface area contributed by atoms with Crippen LogP contribution in [0, 0.1) is 34.6 Å². The molecule has 0 spiro atoms. The SMILES string of the molecule is N#COCCCCCC(CCCCCOC#N)OC#N. The maximum absolute atomic E-state index is 8.60. The Balaban J connectivity index is 3.54. The molecule has 0 aromatic carbocycles. The zero-order valence-electron chi connectivity index (χ0n) is 11.7. The lowest BCUT2D eigenvalue weighted by atomic mass is 10.0. The molecule has 0 saturated carbocycles. The quantitative estimate of drug-likeness (QED) is 0.379. The third kappa shape index (κ3) is 12.3. The summed E-state index contributed by atoms with van der Waals surface area (Å²) in [7, 11) is 0. The van der Waals surface area contributed by atoms with Crippen molar-refractivity contribution in [2.24, 2.45) is 0 Å². The summed E-state index contributed by atoms with van der Waals surface area (Å²) >= 11 is 0. The normalized spacial score (nSPS) is 9.30. The van der Waals surface area contributed by atoms with Crippen LogP contribution in [-0.2, 0) is 14.2 Å². The van der Waals surface area contributed by atoms with Gasteiger partial charge < -0.3 is 14.2 Å². The van der Waals surface area contributed by atoms with Gasteiger partial charge in [-0.2, -0.15) is 15.8 Å². The van der Waals surface area contributed by atoms with Crippen LogP contribution in [0.5, 0.6) is 0 Å². The van der Waals surface area contributed by atoms with Crippen molar-refractivity contribution in [1.82, 2.24) is 0 Å². The molecule has 0 fully saturated rings. The van der Waals surface area contributed by atoms with Crippen LogP contribution in [0.15, 0.2) is 0 Å². The first-order chi connectivity index (χ1) is 9.85. The van der Waals surface area contributed by atoms with Crippen molar-refractivity contribution in [2.75, 3.05) is 13.2 Å². The predicted octanol–water partition coefficient (Wildman–Crippen LogP) is 2.97. The molecule has 20 heavy (non-hydrogen) atoms. The third-order valence-electron chi connectivity index (χ3n) is 2.89. The Morgan fingerprint density at radius 1 is 0.650 bits per heavy atom. The van der Waals surface area contributed by atoms with Gasteiger partial charge in [-0.05, 0) is 51.4 Å². The number of rotatable bonds is 13. The predicted molar refractivity (Wildman–Crippen MR) is 70.6 cm³/mol. The van der Waals surface area contributed by atoms with E-state index < -0.39 is 0 Å². The first kappa shape index (κ1) is 17.9. The second kappa shape index (κ2) is 14.9. The molecule has 0 unspecified atom stereocenters. The molecule has 0 atom stereocenters. The highest BCUT2D eigenvalue weighted by molar-refractivity contribution is 4.64. The van der Waals surface area contributed by atoms with E-state index in [4.69, 9.17) is 20.5 Å². The van der Waals surface area contributed by atoms with Crippen molar-refractivity contribution >= 4 is 0 Å². The van der Waals surface area contributed by atoms with Gasteiger partial charge in [0.1, 0.15) is 19.3 Å². The lowest BCUT2D eigenvalue weighted by molar-refractivity contribution is 0.134. The van der Waals surface area contributed by atoms with Gasteiger partial charge in [0.05, 0.1) is 0 Å². The van der Waals surface area contributed by atoms with E-state index in [0.29, 0.717) is 13.2 Å². The average molecular weight is 279 g/mol. The number of nitrogens with zero attached hydrogens (tertiary/aromatic N) is 3. The van der Waals surface area contributed by atoms with Gasteiger partial charge in [-0.3, -0.25) is 0 Å². The fourth-order valence-corrected chi connectivity index (χ4v) is 1.87. The molecule has 0 bridgehead atoms. The van der Waals surface area contributed by atoms with E-state index in [9.17, 15) is 0 Å². The van der Waals surface area contributed by atoms with E-state index in [1.165, 1.54) is 0 Å². The van der Waals surface area contributed by atoms with Crippen molar-refractivity contribution in [3.05, 3.63) is 0 Å². The summed E-state index contributed by atoms with van der Waals surface area (Å²) in [6, 6.07) is 0. The van der Waals surface area contributed by atoms with Crippen molar-refractivity contribution < 1.29 is 14.2 Å². The van der Waals surface area contributed by atoms with Crippen molar-refractivity contribution in [2.45, 2.75) is 57.5 Å². The topological polar surface area (TPSA) is 99.1 Å². The Hall–Kier alpha value is -2.13. The van der Waals surface area contributed by atoms with Crippen LogP contribution in [-0.4, -0.2) is 19.3 Å². The fraction of sp³-hybridized carbons (Fsp3) is 0.786. The summed E-state index contributed by atoms with van der Waals surface area (Å²) in [6.07, 6.45) is 12.2. The molecule has 0 aliphatic heterocycles. The highest BCUT2D eigenvalue weighted by Gasteiger charge is 2.09. The van der Waals surface area contributed by atoms with Gasteiger partial charge in [0.2, 0.25) is 0 Å². The van der Waals surface area contributed by atoms with Crippen LogP contribution >= 0.6 is 0 Å². The van der Waals surface area contributed by atoms with E-state index in [1.54, 1.807) is 18.8 Å². The molecular weight excluding hydrogens is 258 g/mol. The molecule has 0 aliphatic rings. The molecule has 0 aliphatic carbocycles. The molecule has 0 N–H and O–H groups in total. The molecule has 0 radical (unpaired) electrons. The Kier molecular flexibility index (Phi) is 13.3. The smallest absolute Gasteiger partial charge is 0.286 e. The Morgan fingerprint density at radius 2 is 1.15 bits per heavy atom. The molecule has 0 aromatic rings. The van der Waals surface area contributed by atoms with Gasteiger partial charge in [0.25, 0.3) is 18.8 Å². The minimum absolute atomic E-state index is 0.0335. The van der Waals surface area contributed by atoms with E-state index in [-0.39, 0.29) is 6.10 Å². The maximum Gasteiger partial charge on any atom is 0.286 e. The minimum atomic E-state index is -0.0335. The molecular formula is C14H21N3O3. The zero-order chi connectivity index (χ0) is 14.9. The van der Waals surface area contributed by atoms with E-state index in [1.807, 2.05) is 0 Å². The van der Waals surface area contributed by atoms with Crippen LogP contribution in [0.1, 0.15) is 51.4 Å². The summed E-state index contributed by atoms with van der Waals surface area (Å²) in [5.74, 6) is 0. The molecule has 6 heteroatoms. The fourth-order valence-electron chi connectivity index (χ4n) is 1.87. The number of hydrogen-bond acceptors (Lipinski definition) is 6. The van der Waals surface area contributed by atoms with Crippen molar-refractivity contribution in [1.29, 1.82) is 15.8 Å².